The molecule has 0 aromatic rings. The molecule has 1 unspecified atom stereocenters. The number of ether oxygens (including phenoxy) is 1. The Hall–Kier alpha value is -0.225. The van der Waals surface area contributed by atoms with E-state index in [2.05, 4.69) is 21.8 Å². The molecule has 0 aromatic heterocycles. The number of methoxy groups -OCH3 is 1. The van der Waals surface area contributed by atoms with Crippen LogP contribution in [-0.4, -0.2) is 32.4 Å². The van der Waals surface area contributed by atoms with Crippen LogP contribution in [0.3, 0.4) is 0 Å². The summed E-state index contributed by atoms with van der Waals surface area (Å²) in [6, 6.07) is 0. The van der Waals surface area contributed by atoms with E-state index in [-0.39, 0.29) is 12.7 Å². The van der Waals surface area contributed by atoms with E-state index in [9.17, 15) is 4.57 Å². The summed E-state index contributed by atoms with van der Waals surface area (Å²) < 4.78 is 24.1. The average Bonchev–Trinajstić information content (AvgIpc) is 2.06. The van der Waals surface area contributed by atoms with Crippen molar-refractivity contribution in [2.24, 2.45) is 5.06 Å². The summed E-state index contributed by atoms with van der Waals surface area (Å²) in [6.45, 7) is 1.81. The molecule has 0 saturated heterocycles. The predicted molar refractivity (Wildman–Crippen MR) is 46.1 cm³/mol. The molecule has 0 bridgehead atoms. The molecule has 1 radical (unpaired) electrons. The first-order valence-corrected chi connectivity index (χ1v) is 5.14. The van der Waals surface area contributed by atoms with Crippen molar-refractivity contribution in [3.63, 3.8) is 0 Å². The molecule has 2 atom stereocenters. The second-order valence-electron chi connectivity index (χ2n) is 2.22. The molecule has 6 nitrogen and oxygen atoms in total. The Morgan fingerprint density at radius 3 is 2.69 bits per heavy atom. The van der Waals surface area contributed by atoms with Gasteiger partial charge in [0.25, 0.3) is 0 Å². The van der Waals surface area contributed by atoms with Gasteiger partial charge in [0.15, 0.2) is 0 Å². The van der Waals surface area contributed by atoms with Gasteiger partial charge in [-0.05, 0) is 0 Å². The van der Waals surface area contributed by atoms with Gasteiger partial charge in [-0.3, -0.25) is 0 Å². The Morgan fingerprint density at radius 2 is 2.31 bits per heavy atom. The van der Waals surface area contributed by atoms with Gasteiger partial charge in [-0.15, -0.1) is 0 Å². The summed E-state index contributed by atoms with van der Waals surface area (Å²) >= 11 is 0. The van der Waals surface area contributed by atoms with E-state index in [1.807, 2.05) is 6.92 Å². The second kappa shape index (κ2) is 6.26. The molecule has 0 amide bonds. The first-order chi connectivity index (χ1) is 6.05. The van der Waals surface area contributed by atoms with Crippen LogP contribution in [0.5, 0.6) is 0 Å². The molecule has 8 heteroatoms. The molecule has 0 aliphatic rings. The van der Waals surface area contributed by atoms with Crippen molar-refractivity contribution >= 4 is 15.5 Å². The van der Waals surface area contributed by atoms with Gasteiger partial charge in [0.2, 0.25) is 0 Å². The molecule has 0 aliphatic carbocycles. The summed E-state index contributed by atoms with van der Waals surface area (Å²) in [6.07, 6.45) is 0.415. The molecule has 0 spiro atoms. The van der Waals surface area contributed by atoms with E-state index >= 15 is 0 Å². The molecule has 0 saturated carbocycles. The van der Waals surface area contributed by atoms with Gasteiger partial charge in [-0.1, -0.05) is 0 Å². The number of nitrogens with zero attached hydrogens (tertiary/aromatic N) is 1. The van der Waals surface area contributed by atoms with Crippen molar-refractivity contribution in [1.82, 2.24) is 0 Å². The van der Waals surface area contributed by atoms with E-state index in [1.165, 1.54) is 7.11 Å². The zero-order valence-electron chi connectivity index (χ0n) is 7.54. The minimum absolute atomic E-state index is 0.0453. The van der Waals surface area contributed by atoms with Crippen LogP contribution >= 0.6 is 7.82 Å². The Labute approximate surface area is 77.9 Å². The third-order valence-electron chi connectivity index (χ3n) is 1.36. The summed E-state index contributed by atoms with van der Waals surface area (Å²) in [4.78, 5) is 8.84. The third kappa shape index (κ3) is 5.93. The van der Waals surface area contributed by atoms with E-state index in [0.29, 0.717) is 6.42 Å². The van der Waals surface area contributed by atoms with Crippen LogP contribution in [0.15, 0.2) is 5.06 Å². The molecular formula is C5H12BNO5P. The van der Waals surface area contributed by atoms with Crippen LogP contribution in [0.2, 0.25) is 0 Å². The first kappa shape index (κ1) is 12.8. The van der Waals surface area contributed by atoms with E-state index in [4.69, 9.17) is 9.63 Å². The van der Waals surface area contributed by atoms with Crippen molar-refractivity contribution in [2.45, 2.75) is 19.4 Å². The topological polar surface area (TPSA) is 77.4 Å². The molecule has 1 N–H and O–H groups in total. The Kier molecular flexibility index (Phi) is 6.15. The quantitative estimate of drug-likeness (QED) is 0.380. The van der Waals surface area contributed by atoms with Crippen molar-refractivity contribution in [1.29, 1.82) is 0 Å². The third-order valence-corrected chi connectivity index (χ3v) is 2.14. The fraction of sp³-hybridized carbons (Fsp3) is 1.00. The number of hydrogen-bond acceptors (Lipinski definition) is 5. The average molecular weight is 208 g/mol. The van der Waals surface area contributed by atoms with E-state index < -0.39 is 7.82 Å². The van der Waals surface area contributed by atoms with Gasteiger partial charge in [0.1, 0.15) is 0 Å². The van der Waals surface area contributed by atoms with Gasteiger partial charge in [-0.2, -0.15) is 0 Å². The van der Waals surface area contributed by atoms with Crippen molar-refractivity contribution in [3.05, 3.63) is 0 Å². The van der Waals surface area contributed by atoms with Crippen LogP contribution in [0.1, 0.15) is 13.3 Å². The zero-order valence-corrected chi connectivity index (χ0v) is 8.44. The summed E-state index contributed by atoms with van der Waals surface area (Å²) in [5.74, 6) is 0. The summed E-state index contributed by atoms with van der Waals surface area (Å²) in [5.41, 5.74) is 0. The van der Waals surface area contributed by atoms with Gasteiger partial charge >= 0.3 is 77.0 Å². The molecule has 0 aliphatic heterocycles. The molecular weight excluding hydrogens is 196 g/mol. The van der Waals surface area contributed by atoms with Crippen LogP contribution in [-0.2, 0) is 18.5 Å². The first-order valence-electron chi connectivity index (χ1n) is 3.64. The maximum absolute atomic E-state index is 10.8. The van der Waals surface area contributed by atoms with Gasteiger partial charge in [0.05, 0.1) is 0 Å². The molecule has 0 fully saturated rings. The van der Waals surface area contributed by atoms with Crippen molar-refractivity contribution in [3.8, 4) is 0 Å². The normalized spacial score (nSPS) is 17.4. The van der Waals surface area contributed by atoms with E-state index in [0.717, 1.165) is 0 Å². The molecule has 0 aromatic carbocycles. The molecule has 75 valence electrons. The van der Waals surface area contributed by atoms with Crippen LogP contribution in [0.4, 0.5) is 0 Å². The van der Waals surface area contributed by atoms with Crippen molar-refractivity contribution < 1.29 is 23.3 Å². The van der Waals surface area contributed by atoms with Gasteiger partial charge < -0.3 is 0 Å². The number of hydrogen-bond donors (Lipinski definition) is 1. The predicted octanol–water partition coefficient (Wildman–Crippen LogP) is 0.812. The number of rotatable bonds is 7. The second-order valence-corrected chi connectivity index (χ2v) is 3.58. The summed E-state index contributed by atoms with van der Waals surface area (Å²) in [7, 11) is 1.88. The maximum atomic E-state index is 10.8. The Balaban J connectivity index is 3.85. The van der Waals surface area contributed by atoms with Crippen LogP contribution in [0.25, 0.3) is 0 Å². The Morgan fingerprint density at radius 1 is 1.69 bits per heavy atom. The monoisotopic (exact) mass is 208 g/mol. The standard InChI is InChI=1S/C5H12BNO5P/c1-3-5(10-2)4-11-13(8,9)12-7-6/h5H,3-4H2,1-2H3,(H,8,9)/t5-/m0/s1. The molecule has 0 rings (SSSR count). The van der Waals surface area contributed by atoms with Gasteiger partial charge in [0, 0.05) is 0 Å². The Bertz CT molecular complexity index is 197. The SMILES string of the molecule is [B]=NOP(=O)(O)OC[C@H](CC)OC. The van der Waals surface area contributed by atoms with Gasteiger partial charge in [-0.25, -0.2) is 0 Å². The minimum atomic E-state index is -4.14. The van der Waals surface area contributed by atoms with E-state index in [1.54, 1.807) is 0 Å². The van der Waals surface area contributed by atoms with Crippen LogP contribution < -0.4 is 0 Å². The summed E-state index contributed by atoms with van der Waals surface area (Å²) in [5, 5.41) is 2.56. The van der Waals surface area contributed by atoms with Crippen LogP contribution in [0, 0.1) is 0 Å². The number of phosphoric acid groups is 1. The fourth-order valence-electron chi connectivity index (χ4n) is 0.613. The number of phosphoric ester groups is 1. The molecule has 0 heterocycles. The molecule has 13 heavy (non-hydrogen) atoms. The van der Waals surface area contributed by atoms with Crippen molar-refractivity contribution in [2.75, 3.05) is 13.7 Å². The fourth-order valence-corrected chi connectivity index (χ4v) is 1.13. The zero-order chi connectivity index (χ0) is 10.3.